The van der Waals surface area contributed by atoms with E-state index in [1.807, 2.05) is 49.5 Å². The van der Waals surface area contributed by atoms with Crippen LogP contribution >= 0.6 is 23.2 Å². The molecule has 0 saturated heterocycles. The highest BCUT2D eigenvalue weighted by Crippen LogP contribution is 2.33. The molecule has 0 aliphatic rings. The van der Waals surface area contributed by atoms with E-state index in [2.05, 4.69) is 44.7 Å². The zero-order valence-electron chi connectivity index (χ0n) is 15.1. The zero-order valence-corrected chi connectivity index (χ0v) is 16.6. The van der Waals surface area contributed by atoms with E-state index in [0.29, 0.717) is 28.0 Å². The van der Waals surface area contributed by atoms with E-state index in [1.165, 1.54) is 0 Å². The molecule has 0 N–H and O–H groups in total. The minimum atomic E-state index is 0.440. The Morgan fingerprint density at radius 2 is 1.64 bits per heavy atom. The summed E-state index contributed by atoms with van der Waals surface area (Å²) in [7, 11) is 2.04. The third-order valence-corrected chi connectivity index (χ3v) is 5.36. The van der Waals surface area contributed by atoms with Crippen molar-refractivity contribution in [3.05, 3.63) is 88.4 Å². The predicted molar refractivity (Wildman–Crippen MR) is 113 cm³/mol. The molecule has 0 aliphatic carbocycles. The first-order chi connectivity index (χ1) is 13.6. The molecule has 0 atom stereocenters. The van der Waals surface area contributed by atoms with E-state index in [-0.39, 0.29) is 0 Å². The van der Waals surface area contributed by atoms with Gasteiger partial charge in [-0.05, 0) is 46.3 Å². The summed E-state index contributed by atoms with van der Waals surface area (Å²) in [4.78, 5) is 2.14. The number of rotatable bonds is 5. The molecule has 5 nitrogen and oxygen atoms in total. The van der Waals surface area contributed by atoms with Crippen molar-refractivity contribution in [2.75, 3.05) is 11.9 Å². The van der Waals surface area contributed by atoms with Gasteiger partial charge in [-0.1, -0.05) is 65.7 Å². The molecule has 0 spiro atoms. The molecule has 1 heterocycles. The first-order valence-electron chi connectivity index (χ1n) is 8.72. The highest BCUT2D eigenvalue weighted by molar-refractivity contribution is 6.43. The molecule has 1 aromatic heterocycles. The van der Waals surface area contributed by atoms with Crippen LogP contribution in [-0.4, -0.2) is 27.3 Å². The lowest BCUT2D eigenvalue weighted by Crippen LogP contribution is -2.14. The normalized spacial score (nSPS) is 10.8. The topological polar surface area (TPSA) is 46.8 Å². The molecule has 4 rings (SSSR count). The molecule has 0 bridgehead atoms. The molecule has 140 valence electrons. The molecule has 0 unspecified atom stereocenters. The van der Waals surface area contributed by atoms with Crippen LogP contribution in [0.2, 0.25) is 10.0 Å². The molecule has 0 fully saturated rings. The second kappa shape index (κ2) is 8.00. The average Bonchev–Trinajstić information content (AvgIpc) is 3.18. The van der Waals surface area contributed by atoms with Gasteiger partial charge in [0, 0.05) is 24.0 Å². The van der Waals surface area contributed by atoms with Gasteiger partial charge in [0.25, 0.3) is 0 Å². The van der Waals surface area contributed by atoms with Crippen molar-refractivity contribution in [3.8, 4) is 11.4 Å². The van der Waals surface area contributed by atoms with Gasteiger partial charge in [-0.3, -0.25) is 0 Å². The average molecular weight is 410 g/mol. The lowest BCUT2D eigenvalue weighted by Gasteiger charge is -2.22. The number of para-hydroxylation sites is 2. The Kier molecular flexibility index (Phi) is 5.28. The third-order valence-electron chi connectivity index (χ3n) is 4.54. The van der Waals surface area contributed by atoms with Gasteiger partial charge in [0.1, 0.15) is 0 Å². The minimum Gasteiger partial charge on any atom is -0.344 e. The molecular formula is C21H17Cl2N5. The summed E-state index contributed by atoms with van der Waals surface area (Å²) in [5.74, 6) is 0.574. The number of tetrazole rings is 1. The van der Waals surface area contributed by atoms with Gasteiger partial charge in [0.15, 0.2) is 5.82 Å². The van der Waals surface area contributed by atoms with Crippen LogP contribution in [0.3, 0.4) is 0 Å². The van der Waals surface area contributed by atoms with Crippen molar-refractivity contribution in [3.63, 3.8) is 0 Å². The Labute approximate surface area is 173 Å². The maximum Gasteiger partial charge on any atom is 0.183 e. The predicted octanol–water partition coefficient (Wildman–Crippen LogP) is 5.46. The molecule has 0 radical (unpaired) electrons. The number of benzene rings is 3. The Hall–Kier alpha value is -2.89. The Morgan fingerprint density at radius 3 is 2.46 bits per heavy atom. The van der Waals surface area contributed by atoms with Gasteiger partial charge >= 0.3 is 0 Å². The fraction of sp³-hybridized carbons (Fsp3) is 0.0952. The number of hydrogen-bond donors (Lipinski definition) is 0. The summed E-state index contributed by atoms with van der Waals surface area (Å²) in [5, 5.41) is 13.1. The van der Waals surface area contributed by atoms with Crippen LogP contribution < -0.4 is 4.90 Å². The standard InChI is InChI=1S/C21H17Cl2N5/c1-27(16-9-3-2-4-10-16)19-13-6-5-8-15(19)14-28-21(24-25-26-28)17-11-7-12-18(22)20(17)23/h2-13H,14H2,1H3. The van der Waals surface area contributed by atoms with Crippen LogP contribution in [0.1, 0.15) is 5.56 Å². The zero-order chi connectivity index (χ0) is 19.5. The van der Waals surface area contributed by atoms with E-state index in [1.54, 1.807) is 10.7 Å². The minimum absolute atomic E-state index is 0.440. The molecule has 7 heteroatoms. The van der Waals surface area contributed by atoms with Gasteiger partial charge in [0.05, 0.1) is 16.6 Å². The number of nitrogens with zero attached hydrogens (tertiary/aromatic N) is 5. The van der Waals surface area contributed by atoms with Crippen LogP contribution in [0.5, 0.6) is 0 Å². The van der Waals surface area contributed by atoms with Gasteiger partial charge < -0.3 is 4.90 Å². The highest BCUT2D eigenvalue weighted by Gasteiger charge is 2.16. The fourth-order valence-corrected chi connectivity index (χ4v) is 3.49. The van der Waals surface area contributed by atoms with Crippen LogP contribution in [0.15, 0.2) is 72.8 Å². The van der Waals surface area contributed by atoms with E-state index in [0.717, 1.165) is 16.9 Å². The summed E-state index contributed by atoms with van der Waals surface area (Å²) in [6.07, 6.45) is 0. The first kappa shape index (κ1) is 18.5. The van der Waals surface area contributed by atoms with Crippen LogP contribution in [0.25, 0.3) is 11.4 Å². The third kappa shape index (κ3) is 3.59. The van der Waals surface area contributed by atoms with Crippen LogP contribution in [-0.2, 0) is 6.54 Å². The van der Waals surface area contributed by atoms with Gasteiger partial charge in [-0.15, -0.1) is 5.10 Å². The summed E-state index contributed by atoms with van der Waals surface area (Å²) >= 11 is 12.5. The SMILES string of the molecule is CN(c1ccccc1)c1ccccc1Cn1nnnc1-c1cccc(Cl)c1Cl. The van der Waals surface area contributed by atoms with Crippen molar-refractivity contribution < 1.29 is 0 Å². The first-order valence-corrected chi connectivity index (χ1v) is 9.48. The van der Waals surface area contributed by atoms with Crippen molar-refractivity contribution in [2.24, 2.45) is 0 Å². The summed E-state index contributed by atoms with van der Waals surface area (Å²) in [6.45, 7) is 0.499. The number of anilines is 2. The quantitative estimate of drug-likeness (QED) is 0.438. The molecule has 4 aromatic rings. The number of halogens is 2. The molecular weight excluding hydrogens is 393 g/mol. The van der Waals surface area contributed by atoms with Crippen LogP contribution in [0, 0.1) is 0 Å². The summed E-state index contributed by atoms with van der Waals surface area (Å²) in [6, 6.07) is 23.8. The molecule has 28 heavy (non-hydrogen) atoms. The maximum atomic E-state index is 6.37. The van der Waals surface area contributed by atoms with E-state index >= 15 is 0 Å². The van der Waals surface area contributed by atoms with Crippen molar-refractivity contribution in [1.29, 1.82) is 0 Å². The summed E-state index contributed by atoms with van der Waals surface area (Å²) in [5.41, 5.74) is 3.96. The Balaban J connectivity index is 1.71. The van der Waals surface area contributed by atoms with E-state index in [9.17, 15) is 0 Å². The van der Waals surface area contributed by atoms with Gasteiger partial charge in [0.2, 0.25) is 0 Å². The van der Waals surface area contributed by atoms with Crippen LogP contribution in [0.4, 0.5) is 11.4 Å². The summed E-state index contributed by atoms with van der Waals surface area (Å²) < 4.78 is 1.73. The lowest BCUT2D eigenvalue weighted by molar-refractivity contribution is 0.653. The monoisotopic (exact) mass is 409 g/mol. The molecule has 0 amide bonds. The number of hydrogen-bond acceptors (Lipinski definition) is 4. The lowest BCUT2D eigenvalue weighted by atomic mass is 10.1. The van der Waals surface area contributed by atoms with Gasteiger partial charge in [-0.2, -0.15) is 0 Å². The Morgan fingerprint density at radius 1 is 0.893 bits per heavy atom. The number of aromatic nitrogens is 4. The van der Waals surface area contributed by atoms with Crippen molar-refractivity contribution >= 4 is 34.6 Å². The highest BCUT2D eigenvalue weighted by atomic mass is 35.5. The van der Waals surface area contributed by atoms with Crippen molar-refractivity contribution in [2.45, 2.75) is 6.54 Å². The van der Waals surface area contributed by atoms with Gasteiger partial charge in [-0.25, -0.2) is 4.68 Å². The van der Waals surface area contributed by atoms with E-state index in [4.69, 9.17) is 23.2 Å². The smallest absolute Gasteiger partial charge is 0.183 e. The maximum absolute atomic E-state index is 6.37. The fourth-order valence-electron chi connectivity index (χ4n) is 3.10. The van der Waals surface area contributed by atoms with Crippen molar-refractivity contribution in [1.82, 2.24) is 20.2 Å². The molecule has 3 aromatic carbocycles. The largest absolute Gasteiger partial charge is 0.344 e. The second-order valence-corrected chi connectivity index (χ2v) is 7.07. The second-order valence-electron chi connectivity index (χ2n) is 6.28. The van der Waals surface area contributed by atoms with E-state index < -0.39 is 0 Å². The molecule has 0 saturated carbocycles. The molecule has 0 aliphatic heterocycles. The Bertz CT molecular complexity index is 1090.